The van der Waals surface area contributed by atoms with Gasteiger partial charge in [-0.2, -0.15) is 13.2 Å². The number of nitrogens with zero attached hydrogens (tertiary/aromatic N) is 1. The van der Waals surface area contributed by atoms with E-state index in [1.54, 1.807) is 18.2 Å². The number of halogens is 5. The van der Waals surface area contributed by atoms with Crippen LogP contribution in [0.15, 0.2) is 45.7 Å². The van der Waals surface area contributed by atoms with Crippen molar-refractivity contribution in [3.05, 3.63) is 61.8 Å². The lowest BCUT2D eigenvalue weighted by atomic mass is 10.1. The average Bonchev–Trinajstić information content (AvgIpc) is 2.46. The van der Waals surface area contributed by atoms with Crippen molar-refractivity contribution in [1.29, 1.82) is 0 Å². The number of nitrogens with one attached hydrogen (secondary N) is 1. The average molecular weight is 404 g/mol. The second-order valence-corrected chi connectivity index (χ2v) is 6.10. The van der Waals surface area contributed by atoms with Gasteiger partial charge in [0, 0.05) is 10.0 Å². The van der Waals surface area contributed by atoms with E-state index in [0.717, 1.165) is 12.1 Å². The normalized spacial score (nSPS) is 11.9. The number of aromatic nitrogens is 2. The highest BCUT2D eigenvalue weighted by atomic mass is 79.9. The van der Waals surface area contributed by atoms with Gasteiger partial charge in [0.1, 0.15) is 5.82 Å². The molecule has 0 saturated heterocycles. The van der Waals surface area contributed by atoms with Gasteiger partial charge < -0.3 is 4.98 Å². The highest BCUT2D eigenvalue weighted by Crippen LogP contribution is 2.34. The molecule has 0 aliphatic carbocycles. The number of aromatic amines is 1. The molecule has 3 aromatic rings. The molecule has 8 heteroatoms. The maximum atomic E-state index is 12.9. The van der Waals surface area contributed by atoms with Crippen molar-refractivity contribution in [1.82, 2.24) is 9.97 Å². The number of benzene rings is 2. The van der Waals surface area contributed by atoms with Gasteiger partial charge in [-0.05, 0) is 30.3 Å². The Bertz CT molecular complexity index is 969. The smallest absolute Gasteiger partial charge is 0.306 e. The topological polar surface area (TPSA) is 45.8 Å². The summed E-state index contributed by atoms with van der Waals surface area (Å²) in [5, 5.41) is 0.521. The molecule has 0 fully saturated rings. The van der Waals surface area contributed by atoms with Crippen LogP contribution in [0.5, 0.6) is 0 Å². The highest BCUT2D eigenvalue weighted by molar-refractivity contribution is 9.10. The van der Waals surface area contributed by atoms with E-state index in [0.29, 0.717) is 0 Å². The molecule has 0 amide bonds. The fourth-order valence-electron chi connectivity index (χ4n) is 2.15. The molecule has 0 saturated carbocycles. The van der Waals surface area contributed by atoms with Crippen molar-refractivity contribution in [2.45, 2.75) is 6.18 Å². The van der Waals surface area contributed by atoms with E-state index in [9.17, 15) is 18.0 Å². The quantitative estimate of drug-likeness (QED) is 0.620. The van der Waals surface area contributed by atoms with E-state index in [1.165, 1.54) is 6.07 Å². The minimum Gasteiger partial charge on any atom is -0.306 e. The summed E-state index contributed by atoms with van der Waals surface area (Å²) >= 11 is 9.06. The largest absolute Gasteiger partial charge is 0.416 e. The lowest BCUT2D eigenvalue weighted by Gasteiger charge is -2.10. The van der Waals surface area contributed by atoms with Gasteiger partial charge in [0.2, 0.25) is 0 Å². The third kappa shape index (κ3) is 3.11. The first kappa shape index (κ1) is 16.0. The van der Waals surface area contributed by atoms with Gasteiger partial charge in [0.05, 0.1) is 21.5 Å². The van der Waals surface area contributed by atoms with Crippen LogP contribution in [-0.4, -0.2) is 9.97 Å². The molecule has 3 nitrogen and oxygen atoms in total. The summed E-state index contributed by atoms with van der Waals surface area (Å²) in [6, 6.07) is 8.01. The van der Waals surface area contributed by atoms with Crippen LogP contribution in [0.1, 0.15) is 5.56 Å². The fourth-order valence-corrected chi connectivity index (χ4v) is 2.86. The number of H-pyrrole nitrogens is 1. The molecular formula is C15H7BrClF3N2O. The predicted octanol–water partition coefficient (Wildman–Crippen LogP) is 5.02. The number of rotatable bonds is 1. The number of hydrogen-bond acceptors (Lipinski definition) is 2. The van der Waals surface area contributed by atoms with Crippen LogP contribution in [0.4, 0.5) is 13.2 Å². The third-order valence-corrected chi connectivity index (χ3v) is 3.95. The lowest BCUT2D eigenvalue weighted by Crippen LogP contribution is -2.10. The molecule has 118 valence electrons. The fraction of sp³-hybridized carbons (Fsp3) is 0.0667. The van der Waals surface area contributed by atoms with Gasteiger partial charge >= 0.3 is 6.18 Å². The first-order valence-electron chi connectivity index (χ1n) is 6.32. The Morgan fingerprint density at radius 3 is 2.61 bits per heavy atom. The summed E-state index contributed by atoms with van der Waals surface area (Å²) in [7, 11) is 0. The van der Waals surface area contributed by atoms with Crippen LogP contribution in [0, 0.1) is 0 Å². The minimum atomic E-state index is -4.51. The van der Waals surface area contributed by atoms with Crippen LogP contribution < -0.4 is 5.56 Å². The molecule has 1 N–H and O–H groups in total. The summed E-state index contributed by atoms with van der Waals surface area (Å²) in [4.78, 5) is 18.8. The molecule has 0 aliphatic rings. The minimum absolute atomic E-state index is 0.0161. The molecule has 2 aromatic carbocycles. The zero-order valence-corrected chi connectivity index (χ0v) is 13.6. The molecule has 0 atom stereocenters. The summed E-state index contributed by atoms with van der Waals surface area (Å²) in [5.41, 5.74) is -0.947. The van der Waals surface area contributed by atoms with Gasteiger partial charge in [0.25, 0.3) is 5.56 Å². The second kappa shape index (κ2) is 5.65. The van der Waals surface area contributed by atoms with Gasteiger partial charge in [-0.3, -0.25) is 4.79 Å². The Morgan fingerprint density at radius 1 is 1.17 bits per heavy atom. The van der Waals surface area contributed by atoms with Crippen molar-refractivity contribution >= 4 is 38.4 Å². The Hall–Kier alpha value is -1.86. The summed E-state index contributed by atoms with van der Waals surface area (Å²) in [5.74, 6) is 0.0161. The maximum absolute atomic E-state index is 12.9. The van der Waals surface area contributed by atoms with E-state index < -0.39 is 17.3 Å². The molecule has 0 aliphatic heterocycles. The Morgan fingerprint density at radius 2 is 1.91 bits per heavy atom. The molecule has 1 heterocycles. The molecule has 0 spiro atoms. The van der Waals surface area contributed by atoms with Crippen LogP contribution in [0.25, 0.3) is 22.3 Å². The molecule has 1 aromatic heterocycles. The van der Waals surface area contributed by atoms with Crippen molar-refractivity contribution < 1.29 is 13.2 Å². The van der Waals surface area contributed by atoms with Crippen LogP contribution >= 0.6 is 27.5 Å². The summed E-state index contributed by atoms with van der Waals surface area (Å²) < 4.78 is 39.0. The second-order valence-electron chi connectivity index (χ2n) is 4.78. The predicted molar refractivity (Wildman–Crippen MR) is 85.5 cm³/mol. The van der Waals surface area contributed by atoms with Crippen molar-refractivity contribution in [3.63, 3.8) is 0 Å². The standard InChI is InChI=1S/C15H7BrClF3N2O/c16-9-5-7(4-8(6-9)15(18,19)20)13-21-12-10(14(23)22-13)2-1-3-11(12)17/h1-6H,(H,21,22,23). The van der Waals surface area contributed by atoms with Gasteiger partial charge in [-0.25, -0.2) is 4.98 Å². The van der Waals surface area contributed by atoms with Crippen molar-refractivity contribution in [2.24, 2.45) is 0 Å². The van der Waals surface area contributed by atoms with Crippen molar-refractivity contribution in [2.75, 3.05) is 0 Å². The molecule has 0 radical (unpaired) electrons. The number of hydrogen-bond donors (Lipinski definition) is 1. The number of fused-ring (bicyclic) bond motifs is 1. The first-order chi connectivity index (χ1) is 10.8. The Balaban J connectivity index is 2.27. The molecule has 3 rings (SSSR count). The van der Waals surface area contributed by atoms with E-state index in [4.69, 9.17) is 11.6 Å². The lowest BCUT2D eigenvalue weighted by molar-refractivity contribution is -0.137. The highest BCUT2D eigenvalue weighted by Gasteiger charge is 2.31. The van der Waals surface area contributed by atoms with Crippen molar-refractivity contribution in [3.8, 4) is 11.4 Å². The third-order valence-electron chi connectivity index (χ3n) is 3.19. The van der Waals surface area contributed by atoms with Gasteiger partial charge in [0.15, 0.2) is 0 Å². The molecule has 0 unspecified atom stereocenters. The Kier molecular flexibility index (Phi) is 3.93. The van der Waals surface area contributed by atoms with Crippen LogP contribution in [0.3, 0.4) is 0 Å². The monoisotopic (exact) mass is 402 g/mol. The van der Waals surface area contributed by atoms with Crippen LogP contribution in [-0.2, 0) is 6.18 Å². The number of para-hydroxylation sites is 1. The summed E-state index contributed by atoms with van der Waals surface area (Å²) in [6.45, 7) is 0. The van der Waals surface area contributed by atoms with E-state index in [2.05, 4.69) is 25.9 Å². The van der Waals surface area contributed by atoms with Gasteiger partial charge in [-0.1, -0.05) is 33.6 Å². The van der Waals surface area contributed by atoms with E-state index >= 15 is 0 Å². The SMILES string of the molecule is O=c1[nH]c(-c2cc(Br)cc(C(F)(F)F)c2)nc2c(Cl)cccc12. The maximum Gasteiger partial charge on any atom is 0.416 e. The molecular weight excluding hydrogens is 397 g/mol. The van der Waals surface area contributed by atoms with Gasteiger partial charge in [-0.15, -0.1) is 0 Å². The zero-order valence-electron chi connectivity index (χ0n) is 11.2. The van der Waals surface area contributed by atoms with E-state index in [-0.39, 0.29) is 31.8 Å². The zero-order chi connectivity index (χ0) is 16.8. The van der Waals surface area contributed by atoms with Crippen LogP contribution in [0.2, 0.25) is 5.02 Å². The molecule has 23 heavy (non-hydrogen) atoms. The number of alkyl halides is 3. The van der Waals surface area contributed by atoms with E-state index in [1.807, 2.05) is 0 Å². The Labute approximate surface area is 141 Å². The first-order valence-corrected chi connectivity index (χ1v) is 7.49. The summed E-state index contributed by atoms with van der Waals surface area (Å²) in [6.07, 6.45) is -4.51. The molecule has 0 bridgehead atoms.